The molecule has 112 valence electrons. The fourth-order valence-corrected chi connectivity index (χ4v) is 3.49. The summed E-state index contributed by atoms with van der Waals surface area (Å²) in [4.78, 5) is 19.9. The van der Waals surface area contributed by atoms with Crippen LogP contribution in [0, 0.1) is 5.82 Å². The number of fused-ring (bicyclic) bond motifs is 1. The molecule has 1 saturated carbocycles. The summed E-state index contributed by atoms with van der Waals surface area (Å²) in [5.74, 6) is -0.0634. The maximum absolute atomic E-state index is 13.7. The van der Waals surface area contributed by atoms with Gasteiger partial charge in [-0.3, -0.25) is 0 Å². The second-order valence-electron chi connectivity index (χ2n) is 5.34. The number of benzene rings is 1. The Morgan fingerprint density at radius 3 is 3.05 bits per heavy atom. The van der Waals surface area contributed by atoms with Gasteiger partial charge in [0.15, 0.2) is 0 Å². The molecule has 0 radical (unpaired) electrons. The first-order chi connectivity index (χ1) is 10.7. The van der Waals surface area contributed by atoms with Gasteiger partial charge >= 0.3 is 6.09 Å². The molecule has 1 fully saturated rings. The monoisotopic (exact) mass is 317 g/mol. The lowest BCUT2D eigenvalue weighted by atomic mass is 9.77. The summed E-state index contributed by atoms with van der Waals surface area (Å²) in [6, 6.07) is 3.05. The van der Waals surface area contributed by atoms with E-state index in [0.717, 1.165) is 15.8 Å². The second-order valence-corrected chi connectivity index (χ2v) is 6.22. The summed E-state index contributed by atoms with van der Waals surface area (Å²) >= 11 is 1.43. The van der Waals surface area contributed by atoms with Crippen molar-refractivity contribution < 1.29 is 13.9 Å². The molecular weight excluding hydrogens is 305 g/mol. The number of aromatic nitrogens is 3. The van der Waals surface area contributed by atoms with Gasteiger partial charge in [-0.05, 0) is 36.5 Å². The Labute approximate surface area is 129 Å². The quantitative estimate of drug-likeness (QED) is 0.725. The van der Waals surface area contributed by atoms with Gasteiger partial charge in [0.1, 0.15) is 18.2 Å². The standard InChI is InChI=1S/C15H12FN3O2S/c16-10-5-12(14-13(6-10)22-8-18-14)9-3-11(4-9)21-15(20)19-2-1-17-7-19/h1-2,5-9,11H,3-4H2. The first-order valence-corrected chi connectivity index (χ1v) is 7.80. The molecule has 22 heavy (non-hydrogen) atoms. The minimum Gasteiger partial charge on any atom is -0.446 e. The fourth-order valence-electron chi connectivity index (χ4n) is 2.76. The van der Waals surface area contributed by atoms with Crippen molar-refractivity contribution in [3.05, 3.63) is 47.7 Å². The smallest absolute Gasteiger partial charge is 0.419 e. The van der Waals surface area contributed by atoms with E-state index >= 15 is 0 Å². The van der Waals surface area contributed by atoms with Crippen molar-refractivity contribution in [1.82, 2.24) is 14.5 Å². The second kappa shape index (κ2) is 5.17. The van der Waals surface area contributed by atoms with Crippen molar-refractivity contribution in [2.75, 3.05) is 0 Å². The molecule has 1 aromatic carbocycles. The molecule has 0 N–H and O–H groups in total. The van der Waals surface area contributed by atoms with E-state index in [1.54, 1.807) is 17.8 Å². The van der Waals surface area contributed by atoms with Crippen LogP contribution in [0.2, 0.25) is 0 Å². The van der Waals surface area contributed by atoms with Crippen molar-refractivity contribution in [3.8, 4) is 0 Å². The molecule has 3 aromatic rings. The van der Waals surface area contributed by atoms with Crippen molar-refractivity contribution in [3.63, 3.8) is 0 Å². The highest BCUT2D eigenvalue weighted by Crippen LogP contribution is 2.42. The lowest BCUT2D eigenvalue weighted by Crippen LogP contribution is -2.33. The highest BCUT2D eigenvalue weighted by molar-refractivity contribution is 7.16. The van der Waals surface area contributed by atoms with Crippen LogP contribution in [-0.4, -0.2) is 26.7 Å². The van der Waals surface area contributed by atoms with Crippen LogP contribution in [0.5, 0.6) is 0 Å². The number of hydrogen-bond acceptors (Lipinski definition) is 5. The van der Waals surface area contributed by atoms with Gasteiger partial charge in [0.2, 0.25) is 0 Å². The Bertz CT molecular complexity index is 825. The molecular formula is C15H12FN3O2S. The molecule has 1 aliphatic carbocycles. The molecule has 0 bridgehead atoms. The molecule has 0 aliphatic heterocycles. The molecule has 0 unspecified atom stereocenters. The molecule has 2 aromatic heterocycles. The maximum atomic E-state index is 13.7. The third kappa shape index (κ3) is 2.27. The number of ether oxygens (including phenoxy) is 1. The first kappa shape index (κ1) is 13.4. The third-order valence-electron chi connectivity index (χ3n) is 3.95. The average Bonchev–Trinajstić information content (AvgIpc) is 3.11. The normalized spacial score (nSPS) is 20.8. The average molecular weight is 317 g/mol. The van der Waals surface area contributed by atoms with E-state index in [0.29, 0.717) is 12.8 Å². The zero-order valence-electron chi connectivity index (χ0n) is 11.5. The van der Waals surface area contributed by atoms with Gasteiger partial charge in [-0.15, -0.1) is 11.3 Å². The van der Waals surface area contributed by atoms with Crippen molar-refractivity contribution in [2.45, 2.75) is 24.9 Å². The topological polar surface area (TPSA) is 57.0 Å². The van der Waals surface area contributed by atoms with Crippen LogP contribution < -0.4 is 0 Å². The highest BCUT2D eigenvalue weighted by atomic mass is 32.1. The molecule has 4 rings (SSSR count). The Morgan fingerprint density at radius 1 is 1.41 bits per heavy atom. The number of nitrogens with zero attached hydrogens (tertiary/aromatic N) is 3. The summed E-state index contributed by atoms with van der Waals surface area (Å²) in [5, 5.41) is 0. The Hall–Kier alpha value is -2.28. The Kier molecular flexibility index (Phi) is 3.15. The van der Waals surface area contributed by atoms with E-state index in [1.165, 1.54) is 34.5 Å². The third-order valence-corrected chi connectivity index (χ3v) is 4.72. The van der Waals surface area contributed by atoms with E-state index in [2.05, 4.69) is 9.97 Å². The molecule has 0 saturated heterocycles. The van der Waals surface area contributed by atoms with Gasteiger partial charge in [-0.1, -0.05) is 0 Å². The highest BCUT2D eigenvalue weighted by Gasteiger charge is 2.35. The fraction of sp³-hybridized carbons (Fsp3) is 0.267. The van der Waals surface area contributed by atoms with Gasteiger partial charge in [-0.2, -0.15) is 0 Å². The zero-order valence-corrected chi connectivity index (χ0v) is 12.3. The van der Waals surface area contributed by atoms with E-state index in [9.17, 15) is 9.18 Å². The molecule has 5 nitrogen and oxygen atoms in total. The zero-order chi connectivity index (χ0) is 15.1. The van der Waals surface area contributed by atoms with Crippen LogP contribution in [0.4, 0.5) is 9.18 Å². The van der Waals surface area contributed by atoms with E-state index in [1.807, 2.05) is 0 Å². The van der Waals surface area contributed by atoms with Crippen molar-refractivity contribution in [1.29, 1.82) is 0 Å². The number of imidazole rings is 1. The lowest BCUT2D eigenvalue weighted by molar-refractivity contribution is 0.0405. The predicted octanol–water partition coefficient (Wildman–Crippen LogP) is 3.56. The predicted molar refractivity (Wildman–Crippen MR) is 79.4 cm³/mol. The van der Waals surface area contributed by atoms with Crippen LogP contribution in [0.3, 0.4) is 0 Å². The van der Waals surface area contributed by atoms with E-state index in [-0.39, 0.29) is 17.8 Å². The Morgan fingerprint density at radius 2 is 2.27 bits per heavy atom. The SMILES string of the molecule is O=C(OC1CC(c2cc(F)cc3scnc23)C1)n1ccnc1. The van der Waals surface area contributed by atoms with Crippen molar-refractivity contribution in [2.24, 2.45) is 0 Å². The summed E-state index contributed by atoms with van der Waals surface area (Å²) < 4.78 is 21.2. The first-order valence-electron chi connectivity index (χ1n) is 6.92. The van der Waals surface area contributed by atoms with Gasteiger partial charge in [0.25, 0.3) is 0 Å². The van der Waals surface area contributed by atoms with E-state index in [4.69, 9.17) is 4.74 Å². The van der Waals surface area contributed by atoms with Gasteiger partial charge < -0.3 is 4.74 Å². The molecule has 0 spiro atoms. The number of carbonyl (C=O) groups is 1. The van der Waals surface area contributed by atoms with Gasteiger partial charge in [0.05, 0.1) is 15.7 Å². The van der Waals surface area contributed by atoms with Crippen LogP contribution >= 0.6 is 11.3 Å². The van der Waals surface area contributed by atoms with Crippen LogP contribution in [-0.2, 0) is 4.74 Å². The van der Waals surface area contributed by atoms with Crippen LogP contribution in [0.25, 0.3) is 10.2 Å². The number of halogens is 1. The lowest BCUT2D eigenvalue weighted by Gasteiger charge is -2.34. The van der Waals surface area contributed by atoms with Gasteiger partial charge in [-0.25, -0.2) is 23.7 Å². The minimum absolute atomic E-state index is 0.142. The van der Waals surface area contributed by atoms with Gasteiger partial charge in [0, 0.05) is 12.4 Å². The molecule has 2 heterocycles. The molecule has 1 aliphatic rings. The van der Waals surface area contributed by atoms with Crippen molar-refractivity contribution >= 4 is 27.6 Å². The number of rotatable bonds is 2. The summed E-state index contributed by atoms with van der Waals surface area (Å²) in [6.45, 7) is 0. The van der Waals surface area contributed by atoms with Crippen LogP contribution in [0.15, 0.2) is 36.4 Å². The summed E-state index contributed by atoms with van der Waals surface area (Å²) in [5.41, 5.74) is 3.49. The maximum Gasteiger partial charge on any atom is 0.419 e. The number of carbonyl (C=O) groups excluding carboxylic acids is 1. The number of hydrogen-bond donors (Lipinski definition) is 0. The number of thiazole rings is 1. The van der Waals surface area contributed by atoms with E-state index < -0.39 is 6.09 Å². The largest absolute Gasteiger partial charge is 0.446 e. The molecule has 0 amide bonds. The summed E-state index contributed by atoms with van der Waals surface area (Å²) in [6.07, 6.45) is 5.29. The Balaban J connectivity index is 1.46. The molecule has 7 heteroatoms. The molecule has 0 atom stereocenters. The summed E-state index contributed by atoms with van der Waals surface area (Å²) in [7, 11) is 0. The minimum atomic E-state index is -0.431. The van der Waals surface area contributed by atoms with Crippen LogP contribution in [0.1, 0.15) is 24.3 Å².